The topological polar surface area (TPSA) is 237 Å². The number of esters is 4. The van der Waals surface area contributed by atoms with Crippen LogP contribution >= 0.6 is 15.6 Å². The molecule has 5 atom stereocenters. The number of unbranched alkanes of at least 4 members (excludes halogenated alkanes) is 39. The number of ether oxygens (including phenoxy) is 4. The molecule has 0 aliphatic heterocycles. The minimum atomic E-state index is -4.98. The zero-order valence-corrected chi connectivity index (χ0v) is 68.0. The van der Waals surface area contributed by atoms with E-state index in [-0.39, 0.29) is 25.7 Å². The van der Waals surface area contributed by atoms with Gasteiger partial charge in [0.25, 0.3) is 0 Å². The highest BCUT2D eigenvalue weighted by Crippen LogP contribution is 2.45. The van der Waals surface area contributed by atoms with Gasteiger partial charge in [0.05, 0.1) is 26.4 Å². The van der Waals surface area contributed by atoms with Crippen LogP contribution in [0.5, 0.6) is 0 Å². The number of allylic oxidation sites excluding steroid dienone is 14. The fourth-order valence-electron chi connectivity index (χ4n) is 11.5. The van der Waals surface area contributed by atoms with E-state index in [1.165, 1.54) is 109 Å². The molecule has 0 radical (unpaired) electrons. The third-order valence-corrected chi connectivity index (χ3v) is 19.7. The Morgan fingerprint density at radius 2 is 0.500 bits per heavy atom. The van der Waals surface area contributed by atoms with Gasteiger partial charge in [-0.05, 0) is 122 Å². The van der Waals surface area contributed by atoms with E-state index in [2.05, 4.69) is 113 Å². The second-order valence-electron chi connectivity index (χ2n) is 28.0. The minimum Gasteiger partial charge on any atom is -0.462 e. The number of carbonyl (C=O) groups excluding carboxylic acids is 4. The molecule has 19 heteroatoms. The van der Waals surface area contributed by atoms with E-state index >= 15 is 0 Å². The zero-order valence-electron chi connectivity index (χ0n) is 66.2. The highest BCUT2D eigenvalue weighted by Gasteiger charge is 2.30. The Labute approximate surface area is 634 Å². The Balaban J connectivity index is 5.35. The van der Waals surface area contributed by atoms with Gasteiger partial charge in [-0.3, -0.25) is 37.3 Å². The summed E-state index contributed by atoms with van der Waals surface area (Å²) < 4.78 is 68.7. The molecule has 0 saturated carbocycles. The summed E-state index contributed by atoms with van der Waals surface area (Å²) in [7, 11) is -9.96. The van der Waals surface area contributed by atoms with Crippen LogP contribution in [0.25, 0.3) is 0 Å². The summed E-state index contributed by atoms with van der Waals surface area (Å²) in [6.07, 6.45) is 81.1. The molecule has 17 nitrogen and oxygen atoms in total. The number of aliphatic hydroxyl groups excluding tert-OH is 1. The smallest absolute Gasteiger partial charge is 0.462 e. The fourth-order valence-corrected chi connectivity index (χ4v) is 13.1. The summed E-state index contributed by atoms with van der Waals surface area (Å²) in [5.74, 6) is -2.18. The number of hydrogen-bond donors (Lipinski definition) is 3. The number of phosphoric acid groups is 2. The monoisotopic (exact) mass is 1510 g/mol. The normalized spacial score (nSPS) is 14.3. The van der Waals surface area contributed by atoms with Gasteiger partial charge in [-0.1, -0.05) is 312 Å². The molecule has 0 aromatic heterocycles. The molecule has 0 aromatic carbocycles. The fraction of sp³-hybridized carbons (Fsp3) is 0.788. The van der Waals surface area contributed by atoms with Gasteiger partial charge in [-0.2, -0.15) is 0 Å². The van der Waals surface area contributed by atoms with Gasteiger partial charge in [0, 0.05) is 25.7 Å². The maximum atomic E-state index is 13.1. The Bertz CT molecular complexity index is 2300. The maximum Gasteiger partial charge on any atom is 0.472 e. The van der Waals surface area contributed by atoms with Crippen molar-refractivity contribution in [2.45, 2.75) is 393 Å². The molecule has 3 N–H and O–H groups in total. The molecule has 5 unspecified atom stereocenters. The molecular weight excluding hydrogens is 1350 g/mol. The van der Waals surface area contributed by atoms with E-state index in [4.69, 9.17) is 37.0 Å². The third kappa shape index (κ3) is 76.4. The molecule has 0 bridgehead atoms. The van der Waals surface area contributed by atoms with E-state index in [1.807, 2.05) is 0 Å². The quantitative estimate of drug-likeness (QED) is 0.0169. The predicted octanol–water partition coefficient (Wildman–Crippen LogP) is 24.6. The van der Waals surface area contributed by atoms with Crippen molar-refractivity contribution in [3.8, 4) is 0 Å². The lowest BCUT2D eigenvalue weighted by Crippen LogP contribution is -2.30. The average Bonchev–Trinajstić information content (AvgIpc) is 0.917. The molecule has 0 spiro atoms. The summed E-state index contributed by atoms with van der Waals surface area (Å²) >= 11 is 0. The van der Waals surface area contributed by atoms with Crippen LogP contribution in [0.3, 0.4) is 0 Å². The Hall–Kier alpha value is -3.76. The van der Waals surface area contributed by atoms with Crippen LogP contribution in [0.15, 0.2) is 85.1 Å². The molecule has 0 aliphatic rings. The standard InChI is InChI=1S/C85H152O17P2/c1-5-9-13-17-21-25-29-33-36-38-39-41-43-47-50-54-58-62-66-70-83(88)96-76-81(102-85(90)72-68-64-60-56-52-48-44-40-37-34-30-26-22-18-14-10-6-2)78-100-104(93,94)98-74-79(86)73-97-103(91,92)99-77-80(101-84(89)71-67-63-59-55-51-45-32-28-24-20-16-12-8-4)75-95-82(87)69-65-61-57-53-49-46-42-35-31-27-23-19-15-11-7-3/h10,14,21-22,25-26,33-37,39,41-42,79-81,86H,5-9,11-13,15-20,23-24,27-32,38,40,43-78H2,1-4H3,(H,91,92)(H,93,94)/b14-10-,25-21-,26-22-,36-33-,37-34-,41-39-,42-35-. The molecule has 104 heavy (non-hydrogen) atoms. The molecule has 0 saturated heterocycles. The highest BCUT2D eigenvalue weighted by atomic mass is 31.2. The second-order valence-corrected chi connectivity index (χ2v) is 30.9. The molecule has 0 fully saturated rings. The van der Waals surface area contributed by atoms with Crippen molar-refractivity contribution in [1.82, 2.24) is 0 Å². The van der Waals surface area contributed by atoms with Crippen LogP contribution in [0.4, 0.5) is 0 Å². The zero-order chi connectivity index (χ0) is 76.0. The molecule has 0 aliphatic carbocycles. The van der Waals surface area contributed by atoms with E-state index in [9.17, 15) is 43.2 Å². The van der Waals surface area contributed by atoms with Gasteiger partial charge in [0.2, 0.25) is 0 Å². The lowest BCUT2D eigenvalue weighted by atomic mass is 10.0. The lowest BCUT2D eigenvalue weighted by Gasteiger charge is -2.21. The van der Waals surface area contributed by atoms with Crippen LogP contribution in [0.1, 0.15) is 374 Å². The summed E-state index contributed by atoms with van der Waals surface area (Å²) in [5, 5.41) is 10.7. The van der Waals surface area contributed by atoms with Crippen molar-refractivity contribution < 1.29 is 80.2 Å². The first-order chi connectivity index (χ1) is 50.7. The molecule has 0 aromatic rings. The number of rotatable bonds is 79. The molecular formula is C85H152O17P2. The van der Waals surface area contributed by atoms with Gasteiger partial charge >= 0.3 is 39.5 Å². The van der Waals surface area contributed by atoms with Crippen molar-refractivity contribution in [3.63, 3.8) is 0 Å². The number of carbonyl (C=O) groups is 4. The molecule has 604 valence electrons. The van der Waals surface area contributed by atoms with Crippen LogP contribution in [0.2, 0.25) is 0 Å². The minimum absolute atomic E-state index is 0.0819. The maximum absolute atomic E-state index is 13.1. The van der Waals surface area contributed by atoms with Gasteiger partial charge in [0.1, 0.15) is 19.3 Å². The number of aliphatic hydroxyl groups is 1. The van der Waals surface area contributed by atoms with Crippen molar-refractivity contribution in [2.75, 3.05) is 39.6 Å². The largest absolute Gasteiger partial charge is 0.472 e. The number of hydrogen-bond acceptors (Lipinski definition) is 15. The van der Waals surface area contributed by atoms with E-state index < -0.39 is 97.5 Å². The van der Waals surface area contributed by atoms with Crippen LogP contribution in [-0.4, -0.2) is 96.7 Å². The molecule has 0 heterocycles. The van der Waals surface area contributed by atoms with Crippen LogP contribution < -0.4 is 0 Å². The van der Waals surface area contributed by atoms with Crippen molar-refractivity contribution in [2.24, 2.45) is 0 Å². The van der Waals surface area contributed by atoms with Crippen LogP contribution in [0, 0.1) is 0 Å². The van der Waals surface area contributed by atoms with E-state index in [1.54, 1.807) is 0 Å². The first-order valence-corrected chi connectivity index (χ1v) is 44.8. The summed E-state index contributed by atoms with van der Waals surface area (Å²) in [4.78, 5) is 73.1. The molecule has 0 amide bonds. The van der Waals surface area contributed by atoms with Gasteiger partial charge < -0.3 is 33.8 Å². The summed E-state index contributed by atoms with van der Waals surface area (Å²) in [5.41, 5.74) is 0. The SMILES string of the molecule is CC/C=C\C/C=C\C/C=C\CCCCCCCCCC(=O)OC(COC(=O)CCCCCCCC/C=C\C/C=C\C/C=C\CCCCC)COP(=O)(O)OCC(O)COP(=O)(O)OCC(COC(=O)CCCCCCC/C=C\CCCCCCCC)OC(=O)CCCCCCCCCCCCCCC. The average molecular weight is 1510 g/mol. The Morgan fingerprint density at radius 1 is 0.279 bits per heavy atom. The van der Waals surface area contributed by atoms with Crippen molar-refractivity contribution in [1.29, 1.82) is 0 Å². The third-order valence-electron chi connectivity index (χ3n) is 17.8. The Kier molecular flexibility index (Phi) is 74.6. The summed E-state index contributed by atoms with van der Waals surface area (Å²) in [6, 6.07) is 0. The van der Waals surface area contributed by atoms with Crippen LogP contribution in [-0.2, 0) is 65.4 Å². The van der Waals surface area contributed by atoms with Crippen molar-refractivity contribution >= 4 is 39.5 Å². The van der Waals surface area contributed by atoms with Gasteiger partial charge in [-0.25, -0.2) is 9.13 Å². The summed E-state index contributed by atoms with van der Waals surface area (Å²) in [6.45, 7) is 4.77. The number of phosphoric ester groups is 2. The first-order valence-electron chi connectivity index (χ1n) is 41.8. The van der Waals surface area contributed by atoms with Crippen molar-refractivity contribution in [3.05, 3.63) is 85.1 Å². The highest BCUT2D eigenvalue weighted by molar-refractivity contribution is 7.47. The molecule has 0 rings (SSSR count). The Morgan fingerprint density at radius 3 is 0.798 bits per heavy atom. The van der Waals surface area contributed by atoms with Gasteiger partial charge in [-0.15, -0.1) is 0 Å². The second kappa shape index (κ2) is 77.4. The van der Waals surface area contributed by atoms with E-state index in [0.717, 1.165) is 186 Å². The predicted molar refractivity (Wildman–Crippen MR) is 427 cm³/mol. The van der Waals surface area contributed by atoms with E-state index in [0.29, 0.717) is 25.7 Å². The van der Waals surface area contributed by atoms with Gasteiger partial charge in [0.15, 0.2) is 12.2 Å². The first kappa shape index (κ1) is 100. The lowest BCUT2D eigenvalue weighted by molar-refractivity contribution is -0.161.